The molecule has 0 aliphatic heterocycles. The van der Waals surface area contributed by atoms with Crippen LogP contribution in [0.4, 0.5) is 0 Å². The summed E-state index contributed by atoms with van der Waals surface area (Å²) in [7, 11) is 0. The lowest BCUT2D eigenvalue weighted by Gasteiger charge is -1.74. The van der Waals surface area contributed by atoms with Crippen molar-refractivity contribution in [3.05, 3.63) is 12.2 Å². The Hall–Kier alpha value is -1.12. The van der Waals surface area contributed by atoms with Gasteiger partial charge in [0.1, 0.15) is 0 Å². The molecule has 0 bridgehead atoms. The number of hydrogen-bond acceptors (Lipinski definition) is 2. The van der Waals surface area contributed by atoms with E-state index >= 15 is 0 Å². The van der Waals surface area contributed by atoms with Gasteiger partial charge in [-0.2, -0.15) is 0 Å². The number of rotatable bonds is 2. The first-order chi connectivity index (χ1) is 3.63. The van der Waals surface area contributed by atoms with Crippen molar-refractivity contribution in [2.75, 3.05) is 0 Å². The van der Waals surface area contributed by atoms with E-state index in [1.54, 1.807) is 0 Å². The van der Waals surface area contributed by atoms with Crippen LogP contribution < -0.4 is 0 Å². The molecule has 1 N–H and O–H groups in total. The molecule has 0 aliphatic rings. The van der Waals surface area contributed by atoms with Crippen LogP contribution in [0, 0.1) is 0 Å². The van der Waals surface area contributed by atoms with Gasteiger partial charge < -0.3 is 5.11 Å². The Labute approximate surface area is 46.6 Å². The lowest BCUT2D eigenvalue weighted by Crippen LogP contribution is -1.89. The standard InChI is InChI=1S/C5H6O3/c1-4(6)2-3-5(7)8/h2-3H,1H3,(H,7,8)/b3-2+/i1+1,3+1,5+1. The Bertz CT molecular complexity index is 119. The molecule has 0 atom stereocenters. The van der Waals surface area contributed by atoms with Crippen molar-refractivity contribution in [2.24, 2.45) is 0 Å². The van der Waals surface area contributed by atoms with Gasteiger partial charge in [0, 0.05) is 6.08 Å². The molecule has 0 rings (SSSR count). The molecule has 44 valence electrons. The van der Waals surface area contributed by atoms with Crippen LogP contribution in [-0.4, -0.2) is 16.9 Å². The number of allylic oxidation sites excluding steroid dienone is 1. The van der Waals surface area contributed by atoms with Crippen molar-refractivity contribution in [1.29, 1.82) is 0 Å². The minimum atomic E-state index is -1.10. The summed E-state index contributed by atoms with van der Waals surface area (Å²) >= 11 is 0. The third-order valence-corrected chi connectivity index (χ3v) is 0.461. The van der Waals surface area contributed by atoms with Crippen LogP contribution in [0.5, 0.6) is 0 Å². The van der Waals surface area contributed by atoms with Gasteiger partial charge in [0.2, 0.25) is 0 Å². The topological polar surface area (TPSA) is 54.4 Å². The van der Waals surface area contributed by atoms with E-state index in [9.17, 15) is 9.59 Å². The van der Waals surface area contributed by atoms with Gasteiger partial charge in [-0.1, -0.05) is 0 Å². The number of carboxylic acids is 1. The largest absolute Gasteiger partial charge is 0.478 e. The van der Waals surface area contributed by atoms with E-state index in [1.165, 1.54) is 6.92 Å². The fourth-order valence-corrected chi connectivity index (χ4v) is 0.189. The Balaban J connectivity index is 3.67. The smallest absolute Gasteiger partial charge is 0.328 e. The van der Waals surface area contributed by atoms with Gasteiger partial charge >= 0.3 is 5.97 Å². The zero-order valence-corrected chi connectivity index (χ0v) is 4.42. The van der Waals surface area contributed by atoms with E-state index < -0.39 is 5.97 Å². The van der Waals surface area contributed by atoms with Gasteiger partial charge in [0.15, 0.2) is 5.78 Å². The molecule has 0 aliphatic carbocycles. The molecule has 0 fully saturated rings. The first-order valence-corrected chi connectivity index (χ1v) is 2.04. The molecular weight excluding hydrogens is 111 g/mol. The second kappa shape index (κ2) is 2.96. The van der Waals surface area contributed by atoms with Crippen molar-refractivity contribution in [3.63, 3.8) is 0 Å². The normalized spacial score (nSPS) is 9.62. The molecule has 0 heterocycles. The predicted octanol–water partition coefficient (Wildman–Crippen LogP) is 0.216. The average molecular weight is 117 g/mol. The summed E-state index contributed by atoms with van der Waals surface area (Å²) in [5, 5.41) is 7.92. The Morgan fingerprint density at radius 1 is 1.38 bits per heavy atom. The number of hydrogen-bond donors (Lipinski definition) is 1. The van der Waals surface area contributed by atoms with E-state index in [2.05, 4.69) is 0 Å². The van der Waals surface area contributed by atoms with Crippen molar-refractivity contribution >= 4 is 11.8 Å². The van der Waals surface area contributed by atoms with Crippen LogP contribution in [0.3, 0.4) is 0 Å². The molecule has 0 spiro atoms. The highest BCUT2D eigenvalue weighted by Gasteiger charge is 1.85. The van der Waals surface area contributed by atoms with Crippen molar-refractivity contribution < 1.29 is 14.7 Å². The van der Waals surface area contributed by atoms with Crippen molar-refractivity contribution in [1.82, 2.24) is 0 Å². The summed E-state index contributed by atoms with van der Waals surface area (Å²) in [5.74, 6) is -1.35. The lowest BCUT2D eigenvalue weighted by molar-refractivity contribution is -0.131. The van der Waals surface area contributed by atoms with Gasteiger partial charge in [0.25, 0.3) is 0 Å². The predicted molar refractivity (Wildman–Crippen MR) is 27.5 cm³/mol. The van der Waals surface area contributed by atoms with Gasteiger partial charge in [-0.3, -0.25) is 4.79 Å². The van der Waals surface area contributed by atoms with E-state index in [0.717, 1.165) is 12.2 Å². The summed E-state index contributed by atoms with van der Waals surface area (Å²) < 4.78 is 0. The number of ketones is 1. The van der Waals surface area contributed by atoms with Crippen molar-refractivity contribution in [3.8, 4) is 0 Å². The maximum absolute atomic E-state index is 10.00. The molecule has 8 heavy (non-hydrogen) atoms. The molecule has 0 unspecified atom stereocenters. The number of carbonyl (C=O) groups excluding carboxylic acids is 1. The summed E-state index contributed by atoms with van der Waals surface area (Å²) in [6.07, 6.45) is 1.81. The number of carbonyl (C=O) groups is 2. The second-order valence-electron chi connectivity index (χ2n) is 1.28. The van der Waals surface area contributed by atoms with Gasteiger partial charge in [-0.05, 0) is 13.0 Å². The third kappa shape index (κ3) is 4.88. The van der Waals surface area contributed by atoms with Crippen LogP contribution in [0.25, 0.3) is 0 Å². The molecule has 0 saturated carbocycles. The van der Waals surface area contributed by atoms with Gasteiger partial charge in [-0.25, -0.2) is 4.79 Å². The van der Waals surface area contributed by atoms with Crippen LogP contribution >= 0.6 is 0 Å². The Morgan fingerprint density at radius 2 is 1.88 bits per heavy atom. The maximum atomic E-state index is 10.00. The molecular formula is C5H6O3. The van der Waals surface area contributed by atoms with Gasteiger partial charge in [0.05, 0.1) is 0 Å². The lowest BCUT2D eigenvalue weighted by atomic mass is 10.6. The molecule has 0 radical (unpaired) electrons. The minimum absolute atomic E-state index is 0.257. The van der Waals surface area contributed by atoms with Crippen molar-refractivity contribution in [2.45, 2.75) is 6.92 Å². The van der Waals surface area contributed by atoms with E-state index in [4.69, 9.17) is 5.11 Å². The van der Waals surface area contributed by atoms with Crippen LogP contribution in [0.2, 0.25) is 0 Å². The highest BCUT2D eigenvalue weighted by Crippen LogP contribution is 1.73. The quantitative estimate of drug-likeness (QED) is 0.415. The average Bonchev–Trinajstić information content (AvgIpc) is 1.61. The summed E-state index contributed by atoms with van der Waals surface area (Å²) in [4.78, 5) is 19.7. The zero-order valence-electron chi connectivity index (χ0n) is 4.42. The first-order valence-electron chi connectivity index (χ1n) is 2.04. The van der Waals surface area contributed by atoms with Crippen LogP contribution in [0.15, 0.2) is 12.2 Å². The summed E-state index contributed by atoms with van der Waals surface area (Å²) in [5.41, 5.74) is 0. The molecule has 0 aromatic heterocycles. The Kier molecular flexibility index (Phi) is 2.54. The molecule has 0 amide bonds. The molecule has 0 saturated heterocycles. The fourth-order valence-electron chi connectivity index (χ4n) is 0.189. The first kappa shape index (κ1) is 6.88. The zero-order chi connectivity index (χ0) is 6.57. The summed E-state index contributed by atoms with van der Waals surface area (Å²) in [6, 6.07) is 0. The molecule has 3 nitrogen and oxygen atoms in total. The minimum Gasteiger partial charge on any atom is -0.478 e. The van der Waals surface area contributed by atoms with Gasteiger partial charge in [-0.15, -0.1) is 0 Å². The third-order valence-electron chi connectivity index (χ3n) is 0.461. The summed E-state index contributed by atoms with van der Waals surface area (Å²) in [6.45, 7) is 1.29. The number of carboxylic acid groups (broad SMARTS) is 1. The monoisotopic (exact) mass is 117 g/mol. The van der Waals surface area contributed by atoms with E-state index in [1.807, 2.05) is 0 Å². The maximum Gasteiger partial charge on any atom is 0.328 e. The SMILES string of the molecule is [13CH3]C(=O)/C=[13CH]/[13C](=O)O. The van der Waals surface area contributed by atoms with E-state index in [0.29, 0.717) is 0 Å². The van der Waals surface area contributed by atoms with Crippen LogP contribution in [-0.2, 0) is 9.59 Å². The molecule has 0 aromatic rings. The van der Waals surface area contributed by atoms with E-state index in [-0.39, 0.29) is 5.78 Å². The highest BCUT2D eigenvalue weighted by molar-refractivity contribution is 5.93. The fraction of sp³-hybridized carbons (Fsp3) is 0.200. The molecule has 3 heteroatoms. The van der Waals surface area contributed by atoms with Crippen LogP contribution in [0.1, 0.15) is 6.92 Å². The Morgan fingerprint density at radius 3 is 2.00 bits per heavy atom. The number of aliphatic carboxylic acids is 1. The second-order valence-corrected chi connectivity index (χ2v) is 1.28. The highest BCUT2D eigenvalue weighted by atomic mass is 16.5. The molecule has 0 aromatic carbocycles.